The molecule has 132 valence electrons. The van der Waals surface area contributed by atoms with Crippen molar-refractivity contribution >= 4 is 22.3 Å². The summed E-state index contributed by atoms with van der Waals surface area (Å²) in [5.74, 6) is 1.82. The number of piperidine rings is 1. The minimum Gasteiger partial charge on any atom is -0.350 e. The van der Waals surface area contributed by atoms with Gasteiger partial charge < -0.3 is 9.80 Å². The second-order valence-electron chi connectivity index (χ2n) is 7.57. The van der Waals surface area contributed by atoms with Gasteiger partial charge in [0.15, 0.2) is 0 Å². The van der Waals surface area contributed by atoms with Crippen molar-refractivity contribution < 1.29 is 0 Å². The molecule has 2 aliphatic carbocycles. The third-order valence-electron chi connectivity index (χ3n) is 5.48. The van der Waals surface area contributed by atoms with Crippen molar-refractivity contribution in [3.8, 4) is 0 Å². The maximum absolute atomic E-state index is 4.56. The fourth-order valence-corrected chi connectivity index (χ4v) is 4.86. The second-order valence-corrected chi connectivity index (χ2v) is 8.56. The highest BCUT2D eigenvalue weighted by atomic mass is 32.1. The Kier molecular flexibility index (Phi) is 3.84. The van der Waals surface area contributed by atoms with E-state index >= 15 is 0 Å². The molecule has 2 saturated carbocycles. The predicted molar refractivity (Wildman–Crippen MR) is 99.4 cm³/mol. The van der Waals surface area contributed by atoms with Gasteiger partial charge in [-0.15, -0.1) is 10.2 Å². The van der Waals surface area contributed by atoms with E-state index in [1.807, 2.05) is 6.92 Å². The molecule has 1 saturated heterocycles. The van der Waals surface area contributed by atoms with Gasteiger partial charge in [-0.25, -0.2) is 9.97 Å². The summed E-state index contributed by atoms with van der Waals surface area (Å²) in [6, 6.07) is 3.39. The van der Waals surface area contributed by atoms with Crippen LogP contribution in [0, 0.1) is 6.92 Å². The lowest BCUT2D eigenvalue weighted by atomic mass is 10.0. The van der Waals surface area contributed by atoms with Crippen LogP contribution in [0.2, 0.25) is 0 Å². The summed E-state index contributed by atoms with van der Waals surface area (Å²) < 4.78 is 0. The van der Waals surface area contributed by atoms with Gasteiger partial charge >= 0.3 is 0 Å². The molecule has 3 fully saturated rings. The predicted octanol–water partition coefficient (Wildman–Crippen LogP) is 3.15. The Morgan fingerprint density at radius 1 is 1.00 bits per heavy atom. The summed E-state index contributed by atoms with van der Waals surface area (Å²) in [5.41, 5.74) is 1.05. The molecule has 25 heavy (non-hydrogen) atoms. The van der Waals surface area contributed by atoms with Crippen LogP contribution in [-0.2, 0) is 0 Å². The molecule has 0 atom stereocenters. The smallest absolute Gasteiger partial charge is 0.208 e. The lowest BCUT2D eigenvalue weighted by Gasteiger charge is -2.39. The summed E-state index contributed by atoms with van der Waals surface area (Å²) in [6.07, 6.45) is 9.22. The largest absolute Gasteiger partial charge is 0.350 e. The molecule has 2 aromatic rings. The van der Waals surface area contributed by atoms with Crippen molar-refractivity contribution in [2.24, 2.45) is 0 Å². The molecule has 0 spiro atoms. The SMILES string of the molecule is Cc1cc(N(C2CC2)C2CCN(c3nnc(C4CC4)s3)CC2)ncn1. The van der Waals surface area contributed by atoms with Crippen LogP contribution >= 0.6 is 11.3 Å². The highest BCUT2D eigenvalue weighted by Gasteiger charge is 2.37. The Balaban J connectivity index is 1.28. The molecule has 0 N–H and O–H groups in total. The molecule has 0 radical (unpaired) electrons. The summed E-state index contributed by atoms with van der Waals surface area (Å²) in [4.78, 5) is 13.8. The molecule has 6 nitrogen and oxygen atoms in total. The van der Waals surface area contributed by atoms with Crippen LogP contribution in [0.4, 0.5) is 10.9 Å². The first-order chi connectivity index (χ1) is 12.3. The monoisotopic (exact) mass is 356 g/mol. The van der Waals surface area contributed by atoms with Crippen molar-refractivity contribution in [1.82, 2.24) is 20.2 Å². The van der Waals surface area contributed by atoms with Gasteiger partial charge in [0.25, 0.3) is 0 Å². The van der Waals surface area contributed by atoms with Crippen LogP contribution < -0.4 is 9.80 Å². The van der Waals surface area contributed by atoms with Crippen LogP contribution in [0.25, 0.3) is 0 Å². The van der Waals surface area contributed by atoms with Gasteiger partial charge in [0.05, 0.1) is 0 Å². The van der Waals surface area contributed by atoms with E-state index < -0.39 is 0 Å². The van der Waals surface area contributed by atoms with Gasteiger partial charge in [0.2, 0.25) is 5.13 Å². The zero-order chi connectivity index (χ0) is 16.8. The summed E-state index contributed by atoms with van der Waals surface area (Å²) in [7, 11) is 0. The summed E-state index contributed by atoms with van der Waals surface area (Å²) in [6.45, 7) is 4.18. The Bertz CT molecular complexity index is 746. The molecule has 7 heteroatoms. The number of aromatic nitrogens is 4. The second kappa shape index (κ2) is 6.20. The molecule has 0 amide bonds. The normalized spacial score (nSPS) is 21.6. The summed E-state index contributed by atoms with van der Waals surface area (Å²) in [5, 5.41) is 11.2. The molecule has 3 aliphatic rings. The first kappa shape index (κ1) is 15.5. The first-order valence-corrected chi connectivity index (χ1v) is 10.2. The number of hydrogen-bond acceptors (Lipinski definition) is 7. The van der Waals surface area contributed by atoms with Crippen molar-refractivity contribution in [1.29, 1.82) is 0 Å². The van der Waals surface area contributed by atoms with Crippen molar-refractivity contribution in [3.05, 3.63) is 23.1 Å². The molecule has 5 rings (SSSR count). The van der Waals surface area contributed by atoms with Gasteiger partial charge in [0.1, 0.15) is 17.2 Å². The third-order valence-corrected chi connectivity index (χ3v) is 6.63. The average Bonchev–Trinajstić information content (AvgIpc) is 3.56. The molecular weight excluding hydrogens is 332 g/mol. The minimum atomic E-state index is 0.578. The Morgan fingerprint density at radius 2 is 1.76 bits per heavy atom. The standard InChI is InChI=1S/C18H24N6S/c1-12-10-16(20-11-19-12)24(14-4-5-14)15-6-8-23(9-7-15)18-22-21-17(25-18)13-2-3-13/h10-11,13-15H,2-9H2,1H3. The maximum Gasteiger partial charge on any atom is 0.208 e. The van der Waals surface area contributed by atoms with Crippen LogP contribution in [0.3, 0.4) is 0 Å². The van der Waals surface area contributed by atoms with Gasteiger partial charge in [-0.2, -0.15) is 0 Å². The van der Waals surface area contributed by atoms with E-state index in [1.165, 1.54) is 30.7 Å². The van der Waals surface area contributed by atoms with Crippen LogP contribution in [0.15, 0.2) is 12.4 Å². The third kappa shape index (κ3) is 3.21. The Labute approximate surface area is 152 Å². The van der Waals surface area contributed by atoms with Crippen molar-refractivity contribution in [3.63, 3.8) is 0 Å². The van der Waals surface area contributed by atoms with Crippen molar-refractivity contribution in [2.45, 2.75) is 63.5 Å². The fourth-order valence-electron chi connectivity index (χ4n) is 3.79. The van der Waals surface area contributed by atoms with E-state index in [-0.39, 0.29) is 0 Å². The van der Waals surface area contributed by atoms with Gasteiger partial charge in [-0.1, -0.05) is 11.3 Å². The number of rotatable bonds is 5. The van der Waals surface area contributed by atoms with E-state index in [4.69, 9.17) is 0 Å². The maximum atomic E-state index is 4.56. The molecule has 0 aromatic carbocycles. The van der Waals surface area contributed by atoms with Crippen LogP contribution in [0.1, 0.15) is 55.1 Å². The van der Waals surface area contributed by atoms with Crippen molar-refractivity contribution in [2.75, 3.05) is 22.9 Å². The summed E-state index contributed by atoms with van der Waals surface area (Å²) >= 11 is 1.81. The van der Waals surface area contributed by atoms with E-state index in [2.05, 4.69) is 36.0 Å². The zero-order valence-corrected chi connectivity index (χ0v) is 15.5. The molecule has 0 bridgehead atoms. The van der Waals surface area contributed by atoms with E-state index in [0.29, 0.717) is 18.0 Å². The first-order valence-electron chi connectivity index (χ1n) is 9.43. The molecule has 3 heterocycles. The lowest BCUT2D eigenvalue weighted by molar-refractivity contribution is 0.458. The van der Waals surface area contributed by atoms with Crippen LogP contribution in [0.5, 0.6) is 0 Å². The Morgan fingerprint density at radius 3 is 2.44 bits per heavy atom. The van der Waals surface area contributed by atoms with E-state index in [0.717, 1.165) is 42.6 Å². The average molecular weight is 356 g/mol. The van der Waals surface area contributed by atoms with Crippen LogP contribution in [-0.4, -0.2) is 45.3 Å². The molecule has 0 unspecified atom stereocenters. The molecule has 2 aromatic heterocycles. The van der Waals surface area contributed by atoms with E-state index in [1.54, 1.807) is 17.7 Å². The molecule has 1 aliphatic heterocycles. The fraction of sp³-hybridized carbons (Fsp3) is 0.667. The minimum absolute atomic E-state index is 0.578. The number of anilines is 2. The molecular formula is C18H24N6S. The Hall–Kier alpha value is -1.76. The highest BCUT2D eigenvalue weighted by molar-refractivity contribution is 7.15. The zero-order valence-electron chi connectivity index (χ0n) is 14.6. The topological polar surface area (TPSA) is 58.0 Å². The lowest BCUT2D eigenvalue weighted by Crippen LogP contribution is -2.46. The number of aryl methyl sites for hydroxylation is 1. The quantitative estimate of drug-likeness (QED) is 0.820. The highest BCUT2D eigenvalue weighted by Crippen LogP contribution is 2.43. The number of hydrogen-bond donors (Lipinski definition) is 0. The van der Waals surface area contributed by atoms with Gasteiger partial charge in [0, 0.05) is 42.9 Å². The number of nitrogens with zero attached hydrogens (tertiary/aromatic N) is 6. The van der Waals surface area contributed by atoms with E-state index in [9.17, 15) is 0 Å². The van der Waals surface area contributed by atoms with Gasteiger partial charge in [-0.05, 0) is 45.4 Å². The van der Waals surface area contributed by atoms with Gasteiger partial charge in [-0.3, -0.25) is 0 Å².